The second kappa shape index (κ2) is 12.0. The Morgan fingerprint density at radius 1 is 1.10 bits per heavy atom. The third-order valence-electron chi connectivity index (χ3n) is 8.27. The highest BCUT2D eigenvalue weighted by atomic mass is 19.1. The van der Waals surface area contributed by atoms with Gasteiger partial charge in [0.1, 0.15) is 24.4 Å². The Labute approximate surface area is 242 Å². The molecule has 1 aliphatic heterocycles. The van der Waals surface area contributed by atoms with Crippen LogP contribution in [0.5, 0.6) is 11.6 Å². The molecule has 9 nitrogen and oxygen atoms in total. The van der Waals surface area contributed by atoms with Gasteiger partial charge in [-0.15, -0.1) is 0 Å². The number of carbonyl (C=O) groups is 1. The largest absolute Gasteiger partial charge is 0.483 e. The summed E-state index contributed by atoms with van der Waals surface area (Å²) in [6, 6.07) is 10.2. The minimum Gasteiger partial charge on any atom is -0.483 e. The molecule has 220 valence electrons. The van der Waals surface area contributed by atoms with E-state index < -0.39 is 17.6 Å². The molecule has 11 heteroatoms. The summed E-state index contributed by atoms with van der Waals surface area (Å²) >= 11 is 0. The molecule has 2 fully saturated rings. The van der Waals surface area contributed by atoms with Crippen LogP contribution >= 0.6 is 0 Å². The van der Waals surface area contributed by atoms with Crippen molar-refractivity contribution < 1.29 is 28.2 Å². The Morgan fingerprint density at radius 2 is 1.95 bits per heavy atom. The molecule has 3 heterocycles. The van der Waals surface area contributed by atoms with Crippen LogP contribution in [0.25, 0.3) is 11.0 Å². The van der Waals surface area contributed by atoms with Gasteiger partial charge in [0.15, 0.2) is 17.4 Å². The van der Waals surface area contributed by atoms with E-state index in [1.165, 1.54) is 25.3 Å². The fourth-order valence-corrected chi connectivity index (χ4v) is 5.69. The second-order valence-corrected chi connectivity index (χ2v) is 11.2. The first-order valence-corrected chi connectivity index (χ1v) is 14.4. The Kier molecular flexibility index (Phi) is 8.01. The number of fused-ring (bicyclic) bond motifs is 1. The number of halogens is 2. The second-order valence-electron chi connectivity index (χ2n) is 11.2. The van der Waals surface area contributed by atoms with Gasteiger partial charge in [0.25, 0.3) is 0 Å². The number of piperidine rings is 1. The van der Waals surface area contributed by atoms with Gasteiger partial charge < -0.3 is 19.1 Å². The van der Waals surface area contributed by atoms with Crippen LogP contribution in [0, 0.1) is 17.6 Å². The lowest BCUT2D eigenvalue weighted by Gasteiger charge is -2.37. The van der Waals surface area contributed by atoms with Gasteiger partial charge in [0, 0.05) is 37.5 Å². The predicted octanol–water partition coefficient (Wildman–Crippen LogP) is 5.61. The molecule has 42 heavy (non-hydrogen) atoms. The molecule has 0 amide bonds. The van der Waals surface area contributed by atoms with Crippen molar-refractivity contribution in [1.82, 2.24) is 24.4 Å². The van der Waals surface area contributed by atoms with Crippen LogP contribution in [0.3, 0.4) is 0 Å². The fourth-order valence-electron chi connectivity index (χ4n) is 5.69. The topological polar surface area (TPSA) is 103 Å². The molecule has 2 atom stereocenters. The normalized spacial score (nSPS) is 19.5. The summed E-state index contributed by atoms with van der Waals surface area (Å²) in [4.78, 5) is 27.5. The number of nitrogens with zero attached hydrogens (tertiary/aromatic N) is 5. The average molecular weight is 578 g/mol. The number of ether oxygens (including phenoxy) is 2. The summed E-state index contributed by atoms with van der Waals surface area (Å²) in [5.74, 6) is -0.150. The zero-order chi connectivity index (χ0) is 29.2. The predicted molar refractivity (Wildman–Crippen MR) is 150 cm³/mol. The Balaban J connectivity index is 1.09. The maximum atomic E-state index is 13.9. The molecular formula is C31H33F2N5O4. The van der Waals surface area contributed by atoms with Crippen molar-refractivity contribution in [3.05, 3.63) is 77.5 Å². The lowest BCUT2D eigenvalue weighted by molar-refractivity contribution is 0.0533. The first-order valence-electron chi connectivity index (χ1n) is 14.4. The molecule has 6 rings (SSSR count). The third-order valence-corrected chi connectivity index (χ3v) is 8.27. The van der Waals surface area contributed by atoms with Crippen molar-refractivity contribution in [3.63, 3.8) is 0 Å². The van der Waals surface area contributed by atoms with Gasteiger partial charge in [-0.3, -0.25) is 4.90 Å². The number of benzene rings is 2. The highest BCUT2D eigenvalue weighted by molar-refractivity contribution is 5.92. The standard InChI is InChI=1S/C31H33F2N5O4/c1-19-13-23(42-30-9-11-34-28(36-30)18-41-27-8-6-22(32)15-24(27)33)10-12-37(19)17-29-35-25-7-5-21(31(39)40)14-26(25)38(29)16-20-3-2-4-20/h5-9,11,14-15,19-20,23H,2-4,10,12-13,16-18H2,1H3,(H,39,40)/t19-,23-/m0/s1. The molecule has 0 radical (unpaired) electrons. The van der Waals surface area contributed by atoms with Crippen LogP contribution < -0.4 is 9.47 Å². The van der Waals surface area contributed by atoms with Crippen molar-refractivity contribution in [2.75, 3.05) is 6.54 Å². The van der Waals surface area contributed by atoms with Crippen molar-refractivity contribution in [1.29, 1.82) is 0 Å². The van der Waals surface area contributed by atoms with Crippen LogP contribution in [0.15, 0.2) is 48.7 Å². The van der Waals surface area contributed by atoms with Crippen LogP contribution in [0.2, 0.25) is 0 Å². The smallest absolute Gasteiger partial charge is 0.335 e. The highest BCUT2D eigenvalue weighted by Crippen LogP contribution is 2.31. The maximum absolute atomic E-state index is 13.9. The van der Waals surface area contributed by atoms with E-state index >= 15 is 0 Å². The number of hydrogen-bond donors (Lipinski definition) is 1. The molecule has 0 unspecified atom stereocenters. The Morgan fingerprint density at radius 3 is 2.69 bits per heavy atom. The molecule has 0 bridgehead atoms. The molecule has 2 aliphatic rings. The first-order chi connectivity index (χ1) is 20.3. The Bertz CT molecular complexity index is 1590. The van der Waals surface area contributed by atoms with Crippen molar-refractivity contribution in [2.24, 2.45) is 5.92 Å². The molecular weight excluding hydrogens is 544 g/mol. The maximum Gasteiger partial charge on any atom is 0.335 e. The number of rotatable bonds is 10. The molecule has 2 aromatic heterocycles. The number of hydrogen-bond acceptors (Lipinski definition) is 7. The zero-order valence-corrected chi connectivity index (χ0v) is 23.4. The van der Waals surface area contributed by atoms with Crippen LogP contribution in [0.4, 0.5) is 8.78 Å². The van der Waals surface area contributed by atoms with Gasteiger partial charge in [0.05, 0.1) is 23.1 Å². The summed E-state index contributed by atoms with van der Waals surface area (Å²) in [6.45, 7) is 4.44. The van der Waals surface area contributed by atoms with E-state index in [9.17, 15) is 18.7 Å². The zero-order valence-electron chi connectivity index (χ0n) is 23.4. The van der Waals surface area contributed by atoms with E-state index in [0.717, 1.165) is 54.9 Å². The van der Waals surface area contributed by atoms with Crippen LogP contribution in [0.1, 0.15) is 61.0 Å². The molecule has 1 aliphatic carbocycles. The molecule has 0 spiro atoms. The number of carboxylic acid groups (broad SMARTS) is 1. The molecule has 4 aromatic rings. The van der Waals surface area contributed by atoms with Gasteiger partial charge in [-0.05, 0) is 68.9 Å². The number of likely N-dealkylation sites (tertiary alicyclic amines) is 1. The molecule has 2 aromatic carbocycles. The van der Waals surface area contributed by atoms with Crippen molar-refractivity contribution in [3.8, 4) is 11.6 Å². The van der Waals surface area contributed by atoms with E-state index in [4.69, 9.17) is 14.5 Å². The van der Waals surface area contributed by atoms with Gasteiger partial charge in [-0.2, -0.15) is 4.98 Å². The first kappa shape index (κ1) is 28.0. The minimum atomic E-state index is -0.935. The third kappa shape index (κ3) is 6.20. The quantitative estimate of drug-likeness (QED) is 0.259. The molecule has 1 saturated carbocycles. The minimum absolute atomic E-state index is 0.0404. The number of aromatic carboxylic acids is 1. The number of imidazole rings is 1. The lowest BCUT2D eigenvalue weighted by Crippen LogP contribution is -2.44. The van der Waals surface area contributed by atoms with Gasteiger partial charge in [-0.25, -0.2) is 23.5 Å². The van der Waals surface area contributed by atoms with Crippen molar-refractivity contribution >= 4 is 17.0 Å². The number of carboxylic acids is 1. The summed E-state index contributed by atoms with van der Waals surface area (Å²) in [6.07, 6.45) is 6.75. The summed E-state index contributed by atoms with van der Waals surface area (Å²) in [5, 5.41) is 9.53. The van der Waals surface area contributed by atoms with Gasteiger partial charge in [-0.1, -0.05) is 6.42 Å². The van der Waals surface area contributed by atoms with Crippen LogP contribution in [-0.4, -0.2) is 54.2 Å². The lowest BCUT2D eigenvalue weighted by atomic mass is 9.85. The van der Waals surface area contributed by atoms with E-state index in [1.54, 1.807) is 30.5 Å². The number of aromatic nitrogens is 4. The summed E-state index contributed by atoms with van der Waals surface area (Å²) < 4.78 is 40.9. The average Bonchev–Trinajstić information content (AvgIpc) is 3.28. The molecule has 1 saturated heterocycles. The van der Waals surface area contributed by atoms with Gasteiger partial charge >= 0.3 is 5.97 Å². The Hall–Kier alpha value is -4.12. The van der Waals surface area contributed by atoms with Crippen molar-refractivity contribution in [2.45, 2.75) is 70.9 Å². The van der Waals surface area contributed by atoms with E-state index in [0.29, 0.717) is 24.2 Å². The summed E-state index contributed by atoms with van der Waals surface area (Å²) in [5.41, 5.74) is 1.98. The molecule has 1 N–H and O–H groups in total. The fraction of sp³-hybridized carbons (Fsp3) is 0.419. The monoisotopic (exact) mass is 577 g/mol. The summed E-state index contributed by atoms with van der Waals surface area (Å²) in [7, 11) is 0. The SMILES string of the molecule is C[C@H]1C[C@@H](Oc2ccnc(COc3ccc(F)cc3F)n2)CCN1Cc1nc2ccc(C(=O)O)cc2n1CC1CCC1. The van der Waals surface area contributed by atoms with Crippen LogP contribution in [-0.2, 0) is 19.7 Å². The van der Waals surface area contributed by atoms with E-state index in [-0.39, 0.29) is 30.1 Å². The van der Waals surface area contributed by atoms with Gasteiger partial charge in [0.2, 0.25) is 5.88 Å². The highest BCUT2D eigenvalue weighted by Gasteiger charge is 2.29. The van der Waals surface area contributed by atoms with E-state index in [1.807, 2.05) is 0 Å². The van der Waals surface area contributed by atoms with E-state index in [2.05, 4.69) is 26.4 Å².